The van der Waals surface area contributed by atoms with Crippen molar-refractivity contribution in [2.24, 2.45) is 0 Å². The van der Waals surface area contributed by atoms with E-state index in [0.717, 1.165) is 4.88 Å². The molecule has 3 heterocycles. The van der Waals surface area contributed by atoms with Gasteiger partial charge in [0.2, 0.25) is 9.43 Å². The number of aromatic nitrogens is 3. The Morgan fingerprint density at radius 2 is 2.28 bits per heavy atom. The van der Waals surface area contributed by atoms with Crippen LogP contribution in [0.1, 0.15) is 10.6 Å². The molecule has 3 rings (SSSR count). The van der Waals surface area contributed by atoms with Crippen molar-refractivity contribution in [2.75, 3.05) is 0 Å². The largest absolute Gasteiger partial charge is 0.275 e. The summed E-state index contributed by atoms with van der Waals surface area (Å²) in [6, 6.07) is 5.40. The molecule has 3 aromatic heterocycles. The lowest BCUT2D eigenvalue weighted by atomic mass is 10.3. The second-order valence-corrected chi connectivity index (χ2v) is 5.93. The molecule has 7 heteroatoms. The van der Waals surface area contributed by atoms with Gasteiger partial charge in [-0.1, -0.05) is 17.4 Å². The molecule has 0 spiro atoms. The molecule has 4 nitrogen and oxygen atoms in total. The summed E-state index contributed by atoms with van der Waals surface area (Å²) in [4.78, 5) is 17.7. The normalized spacial score (nSPS) is 11.6. The molecule has 3 aromatic rings. The lowest BCUT2D eigenvalue weighted by molar-refractivity contribution is 0.897. The Kier molecular flexibility index (Phi) is 2.99. The first-order valence-corrected chi connectivity index (χ1v) is 7.08. The molecule has 0 radical (unpaired) electrons. The molecule has 0 atom stereocenters. The van der Waals surface area contributed by atoms with Crippen LogP contribution in [-0.2, 0) is 0 Å². The van der Waals surface area contributed by atoms with Crippen LogP contribution in [0.15, 0.2) is 28.4 Å². The standard InChI is InChI=1S/C11H6ClN3OS2/c12-10-14-15-9(16)6-7(13-11(15)18-10)3-4-8-2-1-5-17-8/h1-6H/b4-3+. The van der Waals surface area contributed by atoms with E-state index in [1.54, 1.807) is 17.4 Å². The van der Waals surface area contributed by atoms with Crippen LogP contribution in [0.4, 0.5) is 0 Å². The number of hydrogen-bond acceptors (Lipinski definition) is 5. The average Bonchev–Trinajstić information content (AvgIpc) is 2.94. The van der Waals surface area contributed by atoms with Gasteiger partial charge in [0, 0.05) is 10.9 Å². The SMILES string of the molecule is O=c1cc(/C=C/c2cccs2)nc2sc(Cl)nn12. The average molecular weight is 296 g/mol. The van der Waals surface area contributed by atoms with Crippen LogP contribution in [0, 0.1) is 0 Å². The third-order valence-corrected chi connectivity index (χ3v) is 4.04. The molecule has 0 fully saturated rings. The number of thiophene rings is 1. The Bertz CT molecular complexity index is 773. The van der Waals surface area contributed by atoms with Gasteiger partial charge < -0.3 is 0 Å². The van der Waals surface area contributed by atoms with E-state index in [0.29, 0.717) is 15.1 Å². The van der Waals surface area contributed by atoms with Gasteiger partial charge in [-0.2, -0.15) is 4.52 Å². The fourth-order valence-electron chi connectivity index (χ4n) is 1.44. The zero-order valence-corrected chi connectivity index (χ0v) is 11.3. The van der Waals surface area contributed by atoms with Crippen LogP contribution in [0.25, 0.3) is 17.1 Å². The zero-order valence-electron chi connectivity index (χ0n) is 8.91. The summed E-state index contributed by atoms with van der Waals surface area (Å²) in [6.07, 6.45) is 3.73. The molecule has 0 N–H and O–H groups in total. The molecule has 90 valence electrons. The first kappa shape index (κ1) is 11.6. The van der Waals surface area contributed by atoms with E-state index < -0.39 is 0 Å². The summed E-state index contributed by atoms with van der Waals surface area (Å²) in [5, 5.41) is 5.86. The van der Waals surface area contributed by atoms with Crippen LogP contribution in [0.5, 0.6) is 0 Å². The predicted octanol–water partition coefficient (Wildman–Crippen LogP) is 3.04. The van der Waals surface area contributed by atoms with Crippen molar-refractivity contribution in [1.29, 1.82) is 0 Å². The fraction of sp³-hybridized carbons (Fsp3) is 0. The summed E-state index contributed by atoms with van der Waals surface area (Å²) in [5.74, 6) is 0. The molecular formula is C11H6ClN3OS2. The summed E-state index contributed by atoms with van der Waals surface area (Å²) in [6.45, 7) is 0. The van der Waals surface area contributed by atoms with E-state index in [1.807, 2.05) is 23.6 Å². The predicted molar refractivity (Wildman–Crippen MR) is 75.4 cm³/mol. The van der Waals surface area contributed by atoms with Crippen LogP contribution in [0.3, 0.4) is 0 Å². The molecule has 0 bridgehead atoms. The molecule has 0 saturated heterocycles. The van der Waals surface area contributed by atoms with Crippen molar-refractivity contribution in [3.63, 3.8) is 0 Å². The van der Waals surface area contributed by atoms with Crippen molar-refractivity contribution in [3.05, 3.63) is 49.0 Å². The summed E-state index contributed by atoms with van der Waals surface area (Å²) in [5.41, 5.74) is 0.377. The van der Waals surface area contributed by atoms with Crippen LogP contribution < -0.4 is 5.56 Å². The highest BCUT2D eigenvalue weighted by Crippen LogP contribution is 2.17. The minimum atomic E-state index is -0.228. The van der Waals surface area contributed by atoms with Gasteiger partial charge in [-0.25, -0.2) is 4.98 Å². The Hall–Kier alpha value is -1.50. The monoisotopic (exact) mass is 295 g/mol. The number of halogens is 1. The fourth-order valence-corrected chi connectivity index (χ4v) is 2.99. The van der Waals surface area contributed by atoms with Gasteiger partial charge in [0.05, 0.1) is 5.69 Å². The van der Waals surface area contributed by atoms with Crippen molar-refractivity contribution in [3.8, 4) is 0 Å². The van der Waals surface area contributed by atoms with E-state index in [1.165, 1.54) is 21.9 Å². The van der Waals surface area contributed by atoms with Gasteiger partial charge in [-0.15, -0.1) is 16.4 Å². The molecule has 0 aliphatic carbocycles. The maximum Gasteiger partial charge on any atom is 0.275 e. The van der Waals surface area contributed by atoms with Gasteiger partial charge in [0.25, 0.3) is 5.56 Å². The highest BCUT2D eigenvalue weighted by Gasteiger charge is 2.05. The molecule has 18 heavy (non-hydrogen) atoms. The summed E-state index contributed by atoms with van der Waals surface area (Å²) >= 11 is 8.56. The summed E-state index contributed by atoms with van der Waals surface area (Å²) < 4.78 is 1.51. The lowest BCUT2D eigenvalue weighted by Crippen LogP contribution is -2.14. The van der Waals surface area contributed by atoms with Crippen molar-refractivity contribution in [2.45, 2.75) is 0 Å². The Morgan fingerprint density at radius 3 is 3.06 bits per heavy atom. The van der Waals surface area contributed by atoms with E-state index in [-0.39, 0.29) is 5.56 Å². The second-order valence-electron chi connectivity index (χ2n) is 3.42. The van der Waals surface area contributed by atoms with E-state index >= 15 is 0 Å². The van der Waals surface area contributed by atoms with Crippen LogP contribution >= 0.6 is 34.3 Å². The minimum Gasteiger partial charge on any atom is -0.267 e. The molecule has 0 aromatic carbocycles. The van der Waals surface area contributed by atoms with Crippen LogP contribution in [0.2, 0.25) is 4.47 Å². The van der Waals surface area contributed by atoms with E-state index in [2.05, 4.69) is 10.1 Å². The number of hydrogen-bond donors (Lipinski definition) is 0. The number of nitrogens with zero attached hydrogens (tertiary/aromatic N) is 3. The number of rotatable bonds is 2. The van der Waals surface area contributed by atoms with Crippen LogP contribution in [-0.4, -0.2) is 14.6 Å². The second kappa shape index (κ2) is 4.64. The lowest BCUT2D eigenvalue weighted by Gasteiger charge is -1.92. The number of fused-ring (bicyclic) bond motifs is 1. The van der Waals surface area contributed by atoms with Crippen molar-refractivity contribution in [1.82, 2.24) is 14.6 Å². The first-order valence-electron chi connectivity index (χ1n) is 5.00. The molecule has 0 aliphatic heterocycles. The highest BCUT2D eigenvalue weighted by molar-refractivity contribution is 7.20. The topological polar surface area (TPSA) is 47.3 Å². The molecule has 0 aliphatic rings. The van der Waals surface area contributed by atoms with E-state index in [9.17, 15) is 4.79 Å². The first-order chi connectivity index (χ1) is 8.72. The van der Waals surface area contributed by atoms with Gasteiger partial charge in [-0.05, 0) is 35.2 Å². The Balaban J connectivity index is 2.05. The summed E-state index contributed by atoms with van der Waals surface area (Å²) in [7, 11) is 0. The van der Waals surface area contributed by atoms with E-state index in [4.69, 9.17) is 11.6 Å². The Labute approximate surface area is 115 Å². The minimum absolute atomic E-state index is 0.228. The third-order valence-electron chi connectivity index (χ3n) is 2.20. The zero-order chi connectivity index (χ0) is 12.5. The maximum atomic E-state index is 11.8. The molecule has 0 saturated carbocycles. The van der Waals surface area contributed by atoms with Gasteiger partial charge in [0.15, 0.2) is 0 Å². The van der Waals surface area contributed by atoms with Gasteiger partial charge >= 0.3 is 0 Å². The quantitative estimate of drug-likeness (QED) is 0.730. The third kappa shape index (κ3) is 2.22. The Morgan fingerprint density at radius 1 is 1.39 bits per heavy atom. The maximum absolute atomic E-state index is 11.8. The molecule has 0 amide bonds. The highest BCUT2D eigenvalue weighted by atomic mass is 35.5. The van der Waals surface area contributed by atoms with Crippen molar-refractivity contribution < 1.29 is 0 Å². The molecule has 0 unspecified atom stereocenters. The molecular weight excluding hydrogens is 290 g/mol. The van der Waals surface area contributed by atoms with Crippen molar-refractivity contribution >= 4 is 51.4 Å². The van der Waals surface area contributed by atoms with Gasteiger partial charge in [0.1, 0.15) is 0 Å². The van der Waals surface area contributed by atoms with Gasteiger partial charge in [-0.3, -0.25) is 4.79 Å². The smallest absolute Gasteiger partial charge is 0.267 e.